The third-order valence-corrected chi connectivity index (χ3v) is 6.80. The van der Waals surface area contributed by atoms with Gasteiger partial charge < -0.3 is 14.6 Å². The van der Waals surface area contributed by atoms with Crippen molar-refractivity contribution >= 4 is 55.9 Å². The number of anilines is 2. The third-order valence-electron chi connectivity index (χ3n) is 5.85. The van der Waals surface area contributed by atoms with Crippen molar-refractivity contribution < 1.29 is 9.31 Å². The lowest BCUT2D eigenvalue weighted by atomic mass is 9.77. The van der Waals surface area contributed by atoms with Crippen molar-refractivity contribution in [2.24, 2.45) is 0 Å². The summed E-state index contributed by atoms with van der Waals surface area (Å²) in [5.41, 5.74) is 1.14. The lowest BCUT2D eigenvalue weighted by Crippen LogP contribution is -2.41. The first-order chi connectivity index (χ1) is 13.8. The number of nitrogens with one attached hydrogen (secondary N) is 1. The molecule has 0 bridgehead atoms. The Kier molecular flexibility index (Phi) is 4.17. The van der Waals surface area contributed by atoms with Gasteiger partial charge in [0.05, 0.1) is 21.4 Å². The molecule has 1 aliphatic rings. The third kappa shape index (κ3) is 3.10. The van der Waals surface area contributed by atoms with Gasteiger partial charge >= 0.3 is 7.12 Å². The van der Waals surface area contributed by atoms with Gasteiger partial charge in [-0.15, -0.1) is 0 Å². The zero-order valence-corrected chi connectivity index (χ0v) is 17.7. The predicted octanol–water partition coefficient (Wildman–Crippen LogP) is 4.89. The molecule has 1 fully saturated rings. The van der Waals surface area contributed by atoms with Crippen LogP contribution in [0.15, 0.2) is 54.7 Å². The Morgan fingerprint density at radius 1 is 0.897 bits per heavy atom. The summed E-state index contributed by atoms with van der Waals surface area (Å²) in [6, 6.07) is 16.3. The molecule has 1 N–H and O–H groups in total. The highest BCUT2D eigenvalue weighted by Gasteiger charge is 2.52. The molecule has 0 radical (unpaired) electrons. The molecule has 5 rings (SSSR count). The molecular formula is C22H22BN3O2S. The molecule has 0 amide bonds. The van der Waals surface area contributed by atoms with Crippen LogP contribution in [0.2, 0.25) is 0 Å². The highest BCUT2D eigenvalue weighted by Crippen LogP contribution is 2.37. The quantitative estimate of drug-likeness (QED) is 0.494. The smallest absolute Gasteiger partial charge is 0.399 e. The van der Waals surface area contributed by atoms with Gasteiger partial charge in [-0.3, -0.25) is 0 Å². The van der Waals surface area contributed by atoms with Crippen molar-refractivity contribution in [1.82, 2.24) is 9.97 Å². The van der Waals surface area contributed by atoms with Crippen LogP contribution >= 0.6 is 11.3 Å². The van der Waals surface area contributed by atoms with Crippen LogP contribution in [0.1, 0.15) is 27.7 Å². The number of thiazole rings is 1. The summed E-state index contributed by atoms with van der Waals surface area (Å²) in [4.78, 5) is 9.38. The zero-order chi connectivity index (χ0) is 20.2. The molecule has 2 aromatic heterocycles. The first kappa shape index (κ1) is 18.5. The largest absolute Gasteiger partial charge is 0.497 e. The molecule has 7 heteroatoms. The first-order valence-electron chi connectivity index (χ1n) is 9.70. The van der Waals surface area contributed by atoms with E-state index in [1.54, 1.807) is 11.3 Å². The van der Waals surface area contributed by atoms with Crippen molar-refractivity contribution in [3.63, 3.8) is 0 Å². The second-order valence-corrected chi connectivity index (χ2v) is 9.34. The lowest BCUT2D eigenvalue weighted by molar-refractivity contribution is 0.00578. The molecule has 0 atom stereocenters. The van der Waals surface area contributed by atoms with Crippen LogP contribution in [-0.2, 0) is 9.31 Å². The van der Waals surface area contributed by atoms with E-state index in [4.69, 9.17) is 14.3 Å². The first-order valence-corrected chi connectivity index (χ1v) is 10.5. The summed E-state index contributed by atoms with van der Waals surface area (Å²) in [5, 5.41) is 6.30. The molecule has 0 unspecified atom stereocenters. The molecular weight excluding hydrogens is 381 g/mol. The topological polar surface area (TPSA) is 56.3 Å². The fourth-order valence-electron chi connectivity index (χ4n) is 3.50. The van der Waals surface area contributed by atoms with Crippen LogP contribution in [0.5, 0.6) is 0 Å². The van der Waals surface area contributed by atoms with Gasteiger partial charge in [0.2, 0.25) is 0 Å². The van der Waals surface area contributed by atoms with Crippen molar-refractivity contribution in [1.29, 1.82) is 0 Å². The van der Waals surface area contributed by atoms with Crippen LogP contribution in [-0.4, -0.2) is 28.3 Å². The van der Waals surface area contributed by atoms with Gasteiger partial charge in [0.1, 0.15) is 5.82 Å². The van der Waals surface area contributed by atoms with Crippen molar-refractivity contribution in [2.45, 2.75) is 38.9 Å². The number of benzene rings is 2. The molecule has 5 nitrogen and oxygen atoms in total. The number of aromatic nitrogens is 2. The maximum atomic E-state index is 6.26. The molecule has 0 aliphatic carbocycles. The van der Waals surface area contributed by atoms with Gasteiger partial charge in [0.25, 0.3) is 0 Å². The number of fused-ring (bicyclic) bond motifs is 2. The van der Waals surface area contributed by atoms with E-state index in [1.165, 1.54) is 0 Å². The van der Waals surface area contributed by atoms with E-state index in [-0.39, 0.29) is 0 Å². The molecule has 29 heavy (non-hydrogen) atoms. The van der Waals surface area contributed by atoms with Crippen LogP contribution in [0, 0.1) is 0 Å². The normalized spacial score (nSPS) is 17.9. The van der Waals surface area contributed by atoms with E-state index in [1.807, 2.05) is 36.5 Å². The SMILES string of the molecule is CC1(C)OB(c2cnc(Nc3nc4ccccc4s3)c3ccccc23)OC1(C)C. The zero-order valence-electron chi connectivity index (χ0n) is 16.9. The second-order valence-electron chi connectivity index (χ2n) is 8.31. The fourth-order valence-corrected chi connectivity index (χ4v) is 4.36. The minimum absolute atomic E-state index is 0.392. The maximum absolute atomic E-state index is 6.26. The van der Waals surface area contributed by atoms with Gasteiger partial charge in [0.15, 0.2) is 5.13 Å². The van der Waals surface area contributed by atoms with Crippen LogP contribution in [0.3, 0.4) is 0 Å². The summed E-state index contributed by atoms with van der Waals surface area (Å²) in [5.74, 6) is 0.778. The monoisotopic (exact) mass is 403 g/mol. The molecule has 2 aromatic carbocycles. The van der Waals surface area contributed by atoms with Gasteiger partial charge in [-0.05, 0) is 45.2 Å². The Labute approximate surface area is 174 Å². The second kappa shape index (κ2) is 6.52. The number of pyridine rings is 1. The number of nitrogens with zero attached hydrogens (tertiary/aromatic N) is 2. The summed E-state index contributed by atoms with van der Waals surface area (Å²) in [6.07, 6.45) is 1.85. The van der Waals surface area contributed by atoms with Crippen LogP contribution < -0.4 is 10.8 Å². The minimum Gasteiger partial charge on any atom is -0.399 e. The number of hydrogen-bond donors (Lipinski definition) is 1. The lowest BCUT2D eigenvalue weighted by Gasteiger charge is -2.32. The van der Waals surface area contributed by atoms with Gasteiger partial charge in [-0.2, -0.15) is 0 Å². The van der Waals surface area contributed by atoms with Crippen molar-refractivity contribution in [2.75, 3.05) is 5.32 Å². The molecule has 1 aliphatic heterocycles. The van der Waals surface area contributed by atoms with Gasteiger partial charge in [0, 0.05) is 17.0 Å². The van der Waals surface area contributed by atoms with Gasteiger partial charge in [-0.1, -0.05) is 47.7 Å². The van der Waals surface area contributed by atoms with E-state index >= 15 is 0 Å². The number of para-hydroxylation sites is 1. The summed E-state index contributed by atoms with van der Waals surface area (Å²) < 4.78 is 13.7. The molecule has 4 aromatic rings. The van der Waals surface area contributed by atoms with E-state index in [0.29, 0.717) is 0 Å². The Balaban J connectivity index is 1.55. The minimum atomic E-state index is -0.450. The van der Waals surface area contributed by atoms with Crippen molar-refractivity contribution in [3.05, 3.63) is 54.7 Å². The molecule has 0 spiro atoms. The summed E-state index contributed by atoms with van der Waals surface area (Å²) >= 11 is 1.62. The van der Waals surface area contributed by atoms with Crippen LogP contribution in [0.4, 0.5) is 10.9 Å². The average molecular weight is 403 g/mol. The van der Waals surface area contributed by atoms with Crippen LogP contribution in [0.25, 0.3) is 21.0 Å². The molecule has 0 saturated carbocycles. The van der Waals surface area contributed by atoms with E-state index in [0.717, 1.165) is 37.4 Å². The highest BCUT2D eigenvalue weighted by molar-refractivity contribution is 7.22. The fraction of sp³-hybridized carbons (Fsp3) is 0.273. The maximum Gasteiger partial charge on any atom is 0.497 e. The Hall–Kier alpha value is -2.48. The molecule has 146 valence electrons. The Morgan fingerprint density at radius 3 is 2.28 bits per heavy atom. The Morgan fingerprint density at radius 2 is 1.55 bits per heavy atom. The summed E-state index contributed by atoms with van der Waals surface area (Å²) in [7, 11) is -0.450. The summed E-state index contributed by atoms with van der Waals surface area (Å²) in [6.45, 7) is 8.24. The predicted molar refractivity (Wildman–Crippen MR) is 120 cm³/mol. The molecule has 3 heterocycles. The highest BCUT2D eigenvalue weighted by atomic mass is 32.1. The number of rotatable bonds is 3. The Bertz CT molecular complexity index is 1170. The van der Waals surface area contributed by atoms with Crippen molar-refractivity contribution in [3.8, 4) is 0 Å². The van der Waals surface area contributed by atoms with E-state index in [9.17, 15) is 0 Å². The molecule has 1 saturated heterocycles. The van der Waals surface area contributed by atoms with E-state index < -0.39 is 18.3 Å². The average Bonchev–Trinajstić information content (AvgIpc) is 3.18. The van der Waals surface area contributed by atoms with E-state index in [2.05, 4.69) is 56.2 Å². The number of hydrogen-bond acceptors (Lipinski definition) is 6. The standard InChI is InChI=1S/C22H22BN3O2S/c1-21(2)22(3,4)28-23(27-21)16-13-24-19(15-10-6-5-9-14(15)16)26-20-25-17-11-7-8-12-18(17)29-20/h5-13H,1-4H3,(H,24,25,26). The van der Waals surface area contributed by atoms with Gasteiger partial charge in [-0.25, -0.2) is 9.97 Å².